The highest BCUT2D eigenvalue weighted by Crippen LogP contribution is 2.19. The quantitative estimate of drug-likeness (QED) is 0.540. The fourth-order valence-electron chi connectivity index (χ4n) is 3.84. The van der Waals surface area contributed by atoms with Crippen molar-refractivity contribution >= 4 is 23.4 Å². The van der Waals surface area contributed by atoms with Gasteiger partial charge in [0.15, 0.2) is 0 Å². The van der Waals surface area contributed by atoms with Crippen LogP contribution >= 0.6 is 0 Å². The van der Waals surface area contributed by atoms with Crippen LogP contribution in [0.15, 0.2) is 36.7 Å². The molecular weight excluding hydrogens is 561 g/mol. The number of rotatable bonds is 4. The first-order chi connectivity index (χ1) is 19.7. The van der Waals surface area contributed by atoms with E-state index >= 15 is 0 Å². The largest absolute Gasteiger partial charge is 0.542 e. The molecule has 2 aromatic heterocycles. The zero-order chi connectivity index (χ0) is 31.3. The highest BCUT2D eigenvalue weighted by molar-refractivity contribution is 5.70. The highest BCUT2D eigenvalue weighted by atomic mass is 19.4. The molecule has 42 heavy (non-hydrogen) atoms. The lowest BCUT2D eigenvalue weighted by Gasteiger charge is -2.36. The van der Waals surface area contributed by atoms with Crippen molar-refractivity contribution in [2.24, 2.45) is 0 Å². The summed E-state index contributed by atoms with van der Waals surface area (Å²) in [5.74, 6) is -1.73. The Morgan fingerprint density at radius 1 is 0.810 bits per heavy atom. The zero-order valence-electron chi connectivity index (χ0n) is 24.5. The number of carbonyl (C=O) groups excluding carboxylic acids is 2. The van der Waals surface area contributed by atoms with E-state index in [9.17, 15) is 18.0 Å². The lowest BCUT2D eigenvalue weighted by molar-refractivity contribution is -0.655. The van der Waals surface area contributed by atoms with Gasteiger partial charge >= 0.3 is 12.3 Å². The molecule has 4 heterocycles. The number of carboxylic acid groups (broad SMARTS) is 1. The molecule has 0 aromatic carbocycles. The van der Waals surface area contributed by atoms with Gasteiger partial charge in [-0.05, 0) is 32.9 Å². The van der Waals surface area contributed by atoms with Gasteiger partial charge in [0.2, 0.25) is 11.8 Å². The Labute approximate surface area is 243 Å². The van der Waals surface area contributed by atoms with Crippen LogP contribution < -0.4 is 29.7 Å². The minimum absolute atomic E-state index is 0.241. The van der Waals surface area contributed by atoms with Crippen molar-refractivity contribution < 1.29 is 47.4 Å². The minimum Gasteiger partial charge on any atom is -0.542 e. The van der Waals surface area contributed by atoms with Gasteiger partial charge in [-0.1, -0.05) is 0 Å². The monoisotopic (exact) mass is 600 g/mol. The molecule has 15 heteroatoms. The fraction of sp³-hybridized carbons (Fsp3) is 0.556. The van der Waals surface area contributed by atoms with Crippen molar-refractivity contribution in [1.29, 1.82) is 0 Å². The van der Waals surface area contributed by atoms with Gasteiger partial charge in [-0.2, -0.15) is 13.2 Å². The normalized spacial score (nSPS) is 15.4. The molecular formula is C27H39F3N6O6. The van der Waals surface area contributed by atoms with E-state index < -0.39 is 17.7 Å². The van der Waals surface area contributed by atoms with Crippen LogP contribution in [0.25, 0.3) is 0 Å². The van der Waals surface area contributed by atoms with Gasteiger partial charge in [-0.15, -0.1) is 0 Å². The minimum atomic E-state index is -5.19. The molecule has 2 aliphatic heterocycles. The van der Waals surface area contributed by atoms with Crippen LogP contribution in [0.4, 0.5) is 29.3 Å². The van der Waals surface area contributed by atoms with Crippen molar-refractivity contribution in [3.8, 4) is 11.8 Å². The van der Waals surface area contributed by atoms with E-state index in [2.05, 4.69) is 31.2 Å². The summed E-state index contributed by atoms with van der Waals surface area (Å²) in [6, 6.07) is 7.80. The number of amides is 1. The second-order valence-corrected chi connectivity index (χ2v) is 10.2. The van der Waals surface area contributed by atoms with Gasteiger partial charge < -0.3 is 44.1 Å². The fourth-order valence-corrected chi connectivity index (χ4v) is 3.84. The Morgan fingerprint density at radius 3 is 1.57 bits per heavy atom. The lowest BCUT2D eigenvalue weighted by Crippen LogP contribution is -2.89. The average Bonchev–Trinajstić information content (AvgIpc) is 2.97. The molecule has 12 nitrogen and oxygen atoms in total. The molecule has 1 amide bonds. The SMILES string of the molecule is COc1ccc(N2CCN(C(=O)OC(C)(C)C)CC2)cn1.COc1ccc(N2CC[NH2+]CC2)cn1.O=C([O-])C(F)(F)F. The molecule has 0 radical (unpaired) electrons. The zero-order valence-corrected chi connectivity index (χ0v) is 24.5. The molecule has 0 unspecified atom stereocenters. The van der Waals surface area contributed by atoms with Gasteiger partial charge in [0.1, 0.15) is 11.6 Å². The van der Waals surface area contributed by atoms with Crippen LogP contribution in [0.5, 0.6) is 11.8 Å². The average molecular weight is 601 g/mol. The van der Waals surface area contributed by atoms with Gasteiger partial charge in [-0.25, -0.2) is 14.8 Å². The van der Waals surface area contributed by atoms with Crippen LogP contribution in [0.3, 0.4) is 0 Å². The number of aliphatic carboxylic acids is 1. The van der Waals surface area contributed by atoms with Gasteiger partial charge in [0.25, 0.3) is 0 Å². The molecule has 0 atom stereocenters. The Morgan fingerprint density at radius 2 is 1.24 bits per heavy atom. The number of halogens is 3. The van der Waals surface area contributed by atoms with Gasteiger partial charge in [-0.3, -0.25) is 0 Å². The van der Waals surface area contributed by atoms with E-state index in [0.717, 1.165) is 31.9 Å². The summed E-state index contributed by atoms with van der Waals surface area (Å²) < 4.78 is 47.0. The molecule has 0 saturated carbocycles. The molecule has 2 N–H and O–H groups in total. The number of hydrogen-bond donors (Lipinski definition) is 1. The van der Waals surface area contributed by atoms with Crippen LogP contribution in [0, 0.1) is 0 Å². The third-order valence-corrected chi connectivity index (χ3v) is 5.96. The number of nitrogens with two attached hydrogens (primary N) is 1. The topological polar surface area (TPSA) is 137 Å². The number of carboxylic acids is 1. The Kier molecular flexibility index (Phi) is 12.9. The van der Waals surface area contributed by atoms with E-state index in [-0.39, 0.29) is 6.09 Å². The summed E-state index contributed by atoms with van der Waals surface area (Å²) in [5.41, 5.74) is 1.78. The number of anilines is 2. The van der Waals surface area contributed by atoms with E-state index in [1.165, 1.54) is 18.8 Å². The molecule has 2 aromatic rings. The molecule has 0 bridgehead atoms. The van der Waals surface area contributed by atoms with Gasteiger partial charge in [0.05, 0.1) is 64.2 Å². The van der Waals surface area contributed by atoms with Crippen molar-refractivity contribution in [2.45, 2.75) is 32.5 Å². The number of piperazine rings is 2. The third-order valence-electron chi connectivity index (χ3n) is 5.96. The molecule has 4 rings (SSSR count). The number of methoxy groups -OCH3 is 2. The first-order valence-corrected chi connectivity index (χ1v) is 13.3. The second kappa shape index (κ2) is 15.8. The van der Waals surface area contributed by atoms with Crippen molar-refractivity contribution in [1.82, 2.24) is 14.9 Å². The summed E-state index contributed by atoms with van der Waals surface area (Å²) in [6.07, 6.45) is -1.76. The Balaban J connectivity index is 0.000000252. The first-order valence-electron chi connectivity index (χ1n) is 13.3. The molecule has 2 aliphatic rings. The smallest absolute Gasteiger partial charge is 0.430 e. The van der Waals surface area contributed by atoms with E-state index in [1.807, 2.05) is 45.2 Å². The summed E-state index contributed by atoms with van der Waals surface area (Å²) in [4.78, 5) is 35.5. The molecule has 2 saturated heterocycles. The summed E-state index contributed by atoms with van der Waals surface area (Å²) in [5, 5.41) is 11.1. The lowest BCUT2D eigenvalue weighted by atomic mass is 10.2. The number of ether oxygens (including phenoxy) is 3. The van der Waals surface area contributed by atoms with E-state index in [0.29, 0.717) is 24.8 Å². The van der Waals surface area contributed by atoms with E-state index in [4.69, 9.17) is 24.1 Å². The summed E-state index contributed by atoms with van der Waals surface area (Å²) in [6.45, 7) is 13.0. The maximum atomic E-state index is 12.0. The maximum Gasteiger partial charge on any atom is 0.430 e. The number of alkyl halides is 3. The number of quaternary nitrogens is 1. The van der Waals surface area contributed by atoms with E-state index in [1.54, 1.807) is 25.3 Å². The summed E-state index contributed by atoms with van der Waals surface area (Å²) in [7, 11) is 3.24. The number of hydrogen-bond acceptors (Lipinski definition) is 10. The van der Waals surface area contributed by atoms with Crippen molar-refractivity contribution in [3.05, 3.63) is 36.7 Å². The van der Waals surface area contributed by atoms with Crippen LogP contribution in [0.2, 0.25) is 0 Å². The second-order valence-electron chi connectivity index (χ2n) is 10.2. The third kappa shape index (κ3) is 11.8. The molecule has 0 aliphatic carbocycles. The number of aromatic nitrogens is 2. The number of carbonyl (C=O) groups is 2. The highest BCUT2D eigenvalue weighted by Gasteiger charge is 2.29. The van der Waals surface area contributed by atoms with Crippen molar-refractivity contribution in [3.63, 3.8) is 0 Å². The maximum absolute atomic E-state index is 12.0. The first kappa shape index (κ1) is 34.2. The predicted octanol–water partition coefficient (Wildman–Crippen LogP) is 0.920. The van der Waals surface area contributed by atoms with Crippen LogP contribution in [-0.2, 0) is 9.53 Å². The molecule has 234 valence electrons. The summed E-state index contributed by atoms with van der Waals surface area (Å²) >= 11 is 0. The Hall–Kier alpha value is -4.01. The Bertz CT molecular complexity index is 1100. The van der Waals surface area contributed by atoms with Crippen molar-refractivity contribution in [2.75, 3.05) is 76.4 Å². The van der Waals surface area contributed by atoms with Gasteiger partial charge in [0, 0.05) is 38.3 Å². The molecule has 0 spiro atoms. The standard InChI is InChI=1S/C15H23N3O3.C10H15N3O.C2HF3O2/c1-15(2,3)21-14(19)18-9-7-17(8-10-18)12-5-6-13(20-4)16-11-12;1-14-10-3-2-9(8-12-10)13-6-4-11-5-7-13;3-2(4,5)1(6)7/h5-6,11H,7-10H2,1-4H3;2-3,8,11H,4-7H2,1H3;(H,6,7). The molecule has 2 fully saturated rings. The number of pyridine rings is 2. The van der Waals surface area contributed by atoms with Crippen LogP contribution in [-0.4, -0.2) is 105 Å². The van der Waals surface area contributed by atoms with Crippen LogP contribution in [0.1, 0.15) is 20.8 Å². The predicted molar refractivity (Wildman–Crippen MR) is 147 cm³/mol. The number of nitrogens with zero attached hydrogens (tertiary/aromatic N) is 5.